The Morgan fingerprint density at radius 3 is 2.18 bits per heavy atom. The third-order valence-electron chi connectivity index (χ3n) is 3.70. The Labute approximate surface area is 132 Å². The highest BCUT2D eigenvalue weighted by atomic mass is 16.2. The van der Waals surface area contributed by atoms with E-state index in [1.54, 1.807) is 4.90 Å². The second kappa shape index (κ2) is 8.54. The van der Waals surface area contributed by atoms with Crippen molar-refractivity contribution in [1.29, 1.82) is 0 Å². The number of carbonyl (C=O) groups is 2. The van der Waals surface area contributed by atoms with Gasteiger partial charge in [-0.25, -0.2) is 0 Å². The molecule has 1 atom stereocenters. The molecular formula is C17H27N3O2. The smallest absolute Gasteiger partial charge is 0.234 e. The van der Waals surface area contributed by atoms with Crippen molar-refractivity contribution in [2.45, 2.75) is 46.2 Å². The van der Waals surface area contributed by atoms with Gasteiger partial charge in [0.25, 0.3) is 0 Å². The van der Waals surface area contributed by atoms with Gasteiger partial charge in [0, 0.05) is 6.04 Å². The molecule has 0 saturated carbocycles. The molecule has 2 amide bonds. The van der Waals surface area contributed by atoms with Crippen LogP contribution in [-0.4, -0.2) is 35.8 Å². The Balaban J connectivity index is 2.60. The molecule has 122 valence electrons. The Kier molecular flexibility index (Phi) is 7.05. The summed E-state index contributed by atoms with van der Waals surface area (Å²) in [6.45, 7) is 8.18. The first-order valence-electron chi connectivity index (χ1n) is 7.74. The molecule has 0 heterocycles. The molecule has 0 unspecified atom stereocenters. The first-order chi connectivity index (χ1) is 10.3. The molecule has 0 bridgehead atoms. The summed E-state index contributed by atoms with van der Waals surface area (Å²) in [7, 11) is 0. The highest BCUT2D eigenvalue weighted by Gasteiger charge is 2.17. The molecular weight excluding hydrogens is 278 g/mol. The zero-order chi connectivity index (χ0) is 16.7. The number of nitrogens with one attached hydrogen (secondary N) is 1. The lowest BCUT2D eigenvalue weighted by Gasteiger charge is -2.25. The Morgan fingerprint density at radius 2 is 1.73 bits per heavy atom. The number of nitrogens with zero attached hydrogens (tertiary/aromatic N) is 1. The maximum atomic E-state index is 12.1. The van der Waals surface area contributed by atoms with Crippen molar-refractivity contribution in [1.82, 2.24) is 10.2 Å². The van der Waals surface area contributed by atoms with Crippen LogP contribution in [-0.2, 0) is 16.0 Å². The third kappa shape index (κ3) is 5.85. The van der Waals surface area contributed by atoms with Crippen LogP contribution in [0.1, 0.15) is 44.9 Å². The number of rotatable bonds is 8. The van der Waals surface area contributed by atoms with E-state index < -0.39 is 5.91 Å². The topological polar surface area (TPSA) is 75.4 Å². The molecule has 0 aromatic heterocycles. The van der Waals surface area contributed by atoms with E-state index in [1.807, 2.05) is 32.9 Å². The van der Waals surface area contributed by atoms with Gasteiger partial charge < -0.3 is 11.1 Å². The van der Waals surface area contributed by atoms with Crippen molar-refractivity contribution >= 4 is 11.8 Å². The summed E-state index contributed by atoms with van der Waals surface area (Å²) in [5.41, 5.74) is 7.55. The average molecular weight is 305 g/mol. The fraction of sp³-hybridized carbons (Fsp3) is 0.529. The number of hydrogen-bond donors (Lipinski definition) is 2. The predicted octanol–water partition coefficient (Wildman–Crippen LogP) is 1.62. The van der Waals surface area contributed by atoms with Crippen LogP contribution >= 0.6 is 0 Å². The van der Waals surface area contributed by atoms with E-state index in [0.717, 1.165) is 12.0 Å². The minimum atomic E-state index is -0.426. The van der Waals surface area contributed by atoms with E-state index in [1.165, 1.54) is 5.56 Å². The molecule has 0 aliphatic rings. The zero-order valence-electron chi connectivity index (χ0n) is 13.9. The van der Waals surface area contributed by atoms with E-state index in [2.05, 4.69) is 24.4 Å². The van der Waals surface area contributed by atoms with Gasteiger partial charge in [-0.1, -0.05) is 31.2 Å². The maximum Gasteiger partial charge on any atom is 0.234 e. The minimum absolute atomic E-state index is 0.0685. The van der Waals surface area contributed by atoms with E-state index in [4.69, 9.17) is 5.73 Å². The SMILES string of the molecule is CCc1ccc([C@H](C)NC(=O)CN(CC(N)=O)C(C)C)cc1. The van der Waals surface area contributed by atoms with Crippen LogP contribution in [0.5, 0.6) is 0 Å². The molecule has 0 fully saturated rings. The summed E-state index contributed by atoms with van der Waals surface area (Å²) in [4.78, 5) is 24.9. The standard InChI is InChI=1S/C17H27N3O2/c1-5-14-6-8-15(9-7-14)13(4)19-17(22)11-20(12(2)3)10-16(18)21/h6-9,12-13H,5,10-11H2,1-4H3,(H2,18,21)(H,19,22)/t13-/m0/s1. The highest BCUT2D eigenvalue weighted by molar-refractivity contribution is 5.80. The number of carbonyl (C=O) groups excluding carboxylic acids is 2. The number of primary amides is 1. The molecule has 1 aromatic carbocycles. The first kappa shape index (κ1) is 18.2. The Hall–Kier alpha value is -1.88. The summed E-state index contributed by atoms with van der Waals surface area (Å²) < 4.78 is 0. The van der Waals surface area contributed by atoms with Crippen LogP contribution in [0, 0.1) is 0 Å². The van der Waals surface area contributed by atoms with E-state index in [9.17, 15) is 9.59 Å². The Bertz CT molecular complexity index is 497. The van der Waals surface area contributed by atoms with Crippen molar-refractivity contribution in [2.24, 2.45) is 5.73 Å². The van der Waals surface area contributed by atoms with E-state index >= 15 is 0 Å². The Morgan fingerprint density at radius 1 is 1.14 bits per heavy atom. The van der Waals surface area contributed by atoms with Gasteiger partial charge in [-0.3, -0.25) is 14.5 Å². The van der Waals surface area contributed by atoms with Crippen LogP contribution in [0.15, 0.2) is 24.3 Å². The van der Waals surface area contributed by atoms with Crippen molar-refractivity contribution in [3.05, 3.63) is 35.4 Å². The lowest BCUT2D eigenvalue weighted by molar-refractivity contribution is -0.125. The average Bonchev–Trinajstić information content (AvgIpc) is 2.46. The van der Waals surface area contributed by atoms with Crippen molar-refractivity contribution < 1.29 is 9.59 Å². The molecule has 1 rings (SSSR count). The van der Waals surface area contributed by atoms with Crippen molar-refractivity contribution in [3.8, 4) is 0 Å². The summed E-state index contributed by atoms with van der Waals surface area (Å²) in [6, 6.07) is 8.23. The predicted molar refractivity (Wildman–Crippen MR) is 88.3 cm³/mol. The van der Waals surface area contributed by atoms with Gasteiger partial charge in [-0.15, -0.1) is 0 Å². The number of benzene rings is 1. The second-order valence-corrected chi connectivity index (χ2v) is 5.85. The monoisotopic (exact) mass is 305 g/mol. The quantitative estimate of drug-likeness (QED) is 0.766. The highest BCUT2D eigenvalue weighted by Crippen LogP contribution is 2.13. The molecule has 0 radical (unpaired) electrons. The second-order valence-electron chi connectivity index (χ2n) is 5.85. The van der Waals surface area contributed by atoms with Gasteiger partial charge in [-0.2, -0.15) is 0 Å². The van der Waals surface area contributed by atoms with Gasteiger partial charge in [0.2, 0.25) is 11.8 Å². The van der Waals surface area contributed by atoms with Crippen molar-refractivity contribution in [3.63, 3.8) is 0 Å². The number of nitrogens with two attached hydrogens (primary N) is 1. The van der Waals surface area contributed by atoms with Crippen LogP contribution < -0.4 is 11.1 Å². The first-order valence-corrected chi connectivity index (χ1v) is 7.74. The fourth-order valence-corrected chi connectivity index (χ4v) is 2.22. The summed E-state index contributed by atoms with van der Waals surface area (Å²) in [6.07, 6.45) is 0.998. The van der Waals surface area contributed by atoms with Crippen LogP contribution in [0.3, 0.4) is 0 Å². The summed E-state index contributed by atoms with van der Waals surface area (Å²) in [5, 5.41) is 2.96. The molecule has 5 nitrogen and oxygen atoms in total. The lowest BCUT2D eigenvalue weighted by atomic mass is 10.0. The van der Waals surface area contributed by atoms with Crippen molar-refractivity contribution in [2.75, 3.05) is 13.1 Å². The van der Waals surface area contributed by atoms with Crippen LogP contribution in [0.4, 0.5) is 0 Å². The van der Waals surface area contributed by atoms with Crippen LogP contribution in [0.2, 0.25) is 0 Å². The van der Waals surface area contributed by atoms with Gasteiger partial charge in [0.1, 0.15) is 0 Å². The van der Waals surface area contributed by atoms with E-state index in [0.29, 0.717) is 0 Å². The largest absolute Gasteiger partial charge is 0.369 e. The van der Waals surface area contributed by atoms with Gasteiger partial charge >= 0.3 is 0 Å². The molecule has 0 aliphatic carbocycles. The molecule has 0 aliphatic heterocycles. The van der Waals surface area contributed by atoms with Gasteiger partial charge in [0.05, 0.1) is 19.1 Å². The molecule has 5 heteroatoms. The summed E-state index contributed by atoms with van der Waals surface area (Å²) >= 11 is 0. The van der Waals surface area contributed by atoms with Gasteiger partial charge in [0.15, 0.2) is 0 Å². The zero-order valence-corrected chi connectivity index (χ0v) is 13.9. The number of aryl methyl sites for hydroxylation is 1. The molecule has 0 spiro atoms. The lowest BCUT2D eigenvalue weighted by Crippen LogP contribution is -2.45. The maximum absolute atomic E-state index is 12.1. The molecule has 3 N–H and O–H groups in total. The molecule has 0 saturated heterocycles. The van der Waals surface area contributed by atoms with E-state index in [-0.39, 0.29) is 31.1 Å². The fourth-order valence-electron chi connectivity index (χ4n) is 2.22. The number of hydrogen-bond acceptors (Lipinski definition) is 3. The molecule has 1 aromatic rings. The van der Waals surface area contributed by atoms with Gasteiger partial charge in [-0.05, 0) is 38.3 Å². The summed E-state index contributed by atoms with van der Waals surface area (Å²) in [5.74, 6) is -0.535. The number of amides is 2. The molecule has 22 heavy (non-hydrogen) atoms. The minimum Gasteiger partial charge on any atom is -0.369 e. The normalized spacial score (nSPS) is 12.5. The third-order valence-corrected chi connectivity index (χ3v) is 3.70. The van der Waals surface area contributed by atoms with Crippen LogP contribution in [0.25, 0.3) is 0 Å².